The number of benzene rings is 1. The van der Waals surface area contributed by atoms with Gasteiger partial charge in [-0.15, -0.1) is 5.23 Å². The van der Waals surface area contributed by atoms with Crippen molar-refractivity contribution in [3.05, 3.63) is 41.9 Å². The van der Waals surface area contributed by atoms with Gasteiger partial charge in [-0.05, 0) is 37.1 Å². The predicted octanol–water partition coefficient (Wildman–Crippen LogP) is -0.324. The first-order valence-electron chi connectivity index (χ1n) is 17.3. The number of ether oxygens (including phenoxy) is 6. The lowest BCUT2D eigenvalue weighted by Crippen LogP contribution is -2.63. The normalized spacial score (nSPS) is 32.7. The number of carboxylic acid groups (broad SMARTS) is 1. The molecule has 1 amide bonds. The molecule has 0 bridgehead atoms. The number of hydrogen-bond acceptors (Lipinski definition) is 17. The Morgan fingerprint density at radius 2 is 1.65 bits per heavy atom. The summed E-state index contributed by atoms with van der Waals surface area (Å²) in [7, 11) is 0. The standard InChI is InChI=1S/C33H50N2O17/c1-2-3-4-5-6-7-21(31(43)44)49-29-25(39)23(15-36)51-33(27(29)41)50-20-12-13-47-22(28(20)52-32-26(40)24(38)19(37)16-48-32)14-34-30(42)17-8-10-18(11-9-17)35(45)46/h8-11,16,20-29,32-33,36-41,45-46H,2-7,12-15H2,1H3,(H,34,42)(H,43,44). The van der Waals surface area contributed by atoms with E-state index in [4.69, 9.17) is 28.4 Å². The molecule has 2 saturated heterocycles. The first-order chi connectivity index (χ1) is 24.9. The van der Waals surface area contributed by atoms with Gasteiger partial charge in [0, 0.05) is 18.7 Å². The third kappa shape index (κ3) is 10.7. The van der Waals surface area contributed by atoms with E-state index >= 15 is 0 Å². The minimum atomic E-state index is -1.78. The molecule has 12 unspecified atom stereocenters. The zero-order valence-electron chi connectivity index (χ0n) is 28.6. The number of nitrogens with one attached hydrogen (secondary N) is 1. The molecular weight excluding hydrogens is 696 g/mol. The van der Waals surface area contributed by atoms with Crippen molar-refractivity contribution in [2.75, 3.05) is 25.0 Å². The number of aliphatic carboxylic acids is 1. The van der Waals surface area contributed by atoms with Gasteiger partial charge in [-0.2, -0.15) is 0 Å². The van der Waals surface area contributed by atoms with Crippen molar-refractivity contribution in [2.45, 2.75) is 125 Å². The smallest absolute Gasteiger partial charge is 0.332 e. The predicted molar refractivity (Wildman–Crippen MR) is 174 cm³/mol. The Labute approximate surface area is 299 Å². The average molecular weight is 747 g/mol. The molecule has 4 rings (SSSR count). The molecule has 3 heterocycles. The van der Waals surface area contributed by atoms with Crippen LogP contribution in [0.4, 0.5) is 5.69 Å². The maximum atomic E-state index is 13.0. The number of aliphatic hydroxyl groups excluding tert-OH is 6. The number of carboxylic acids is 1. The summed E-state index contributed by atoms with van der Waals surface area (Å²) in [4.78, 5) is 25.0. The van der Waals surface area contributed by atoms with Crippen LogP contribution in [0.25, 0.3) is 0 Å². The molecule has 294 valence electrons. The van der Waals surface area contributed by atoms with Gasteiger partial charge in [0.25, 0.3) is 5.91 Å². The van der Waals surface area contributed by atoms with Crippen LogP contribution in [0.15, 0.2) is 36.3 Å². The van der Waals surface area contributed by atoms with Crippen LogP contribution in [-0.2, 0) is 33.2 Å². The lowest BCUT2D eigenvalue weighted by molar-refractivity contribution is -0.343. The van der Waals surface area contributed by atoms with Crippen molar-refractivity contribution in [2.24, 2.45) is 0 Å². The van der Waals surface area contributed by atoms with Crippen LogP contribution in [0, 0.1) is 0 Å². The zero-order valence-corrected chi connectivity index (χ0v) is 28.6. The number of anilines is 1. The number of nitrogens with zero attached hydrogens (tertiary/aromatic N) is 1. The molecule has 1 aromatic rings. The quantitative estimate of drug-likeness (QED) is 0.0680. The van der Waals surface area contributed by atoms with Gasteiger partial charge < -0.3 is 69.5 Å². The summed E-state index contributed by atoms with van der Waals surface area (Å²) in [6.07, 6.45) is -12.6. The van der Waals surface area contributed by atoms with Crippen molar-refractivity contribution in [1.29, 1.82) is 0 Å². The molecule has 52 heavy (non-hydrogen) atoms. The fourth-order valence-electron chi connectivity index (χ4n) is 6.12. The highest BCUT2D eigenvalue weighted by Crippen LogP contribution is 2.32. The summed E-state index contributed by atoms with van der Waals surface area (Å²) in [5, 5.41) is 93.6. The summed E-state index contributed by atoms with van der Waals surface area (Å²) < 4.78 is 34.8. The molecule has 0 saturated carbocycles. The van der Waals surface area contributed by atoms with Crippen molar-refractivity contribution < 1.29 is 84.2 Å². The minimum absolute atomic E-state index is 0.00513. The van der Waals surface area contributed by atoms with Gasteiger partial charge in [0.2, 0.25) is 6.29 Å². The average Bonchev–Trinajstić information content (AvgIpc) is 3.13. The van der Waals surface area contributed by atoms with Crippen LogP contribution in [0.1, 0.15) is 62.2 Å². The lowest BCUT2D eigenvalue weighted by Gasteiger charge is -2.46. The van der Waals surface area contributed by atoms with Gasteiger partial charge >= 0.3 is 5.97 Å². The number of aliphatic hydroxyl groups is 6. The number of unbranched alkanes of at least 4 members (excludes halogenated alkanes) is 4. The first kappa shape index (κ1) is 41.6. The third-order valence-corrected chi connectivity index (χ3v) is 9.11. The fraction of sp³-hybridized carbons (Fsp3) is 0.697. The lowest BCUT2D eigenvalue weighted by atomic mass is 9.97. The zero-order chi connectivity index (χ0) is 37.9. The van der Waals surface area contributed by atoms with Crippen LogP contribution >= 0.6 is 0 Å². The van der Waals surface area contributed by atoms with E-state index in [-0.39, 0.29) is 42.5 Å². The van der Waals surface area contributed by atoms with E-state index in [0.717, 1.165) is 31.9 Å². The van der Waals surface area contributed by atoms with Crippen molar-refractivity contribution >= 4 is 17.6 Å². The molecule has 1 aromatic carbocycles. The van der Waals surface area contributed by atoms with E-state index < -0.39 is 97.9 Å². The summed E-state index contributed by atoms with van der Waals surface area (Å²) in [5.41, 5.74) is 0.158. The Morgan fingerprint density at radius 1 is 0.942 bits per heavy atom. The molecule has 19 heteroatoms. The van der Waals surface area contributed by atoms with Crippen molar-refractivity contribution in [3.63, 3.8) is 0 Å². The van der Waals surface area contributed by atoms with E-state index in [9.17, 15) is 55.7 Å². The van der Waals surface area contributed by atoms with Gasteiger partial charge in [-0.3, -0.25) is 15.2 Å². The maximum absolute atomic E-state index is 13.0. The number of carbonyl (C=O) groups is 2. The molecule has 19 nitrogen and oxygen atoms in total. The molecule has 3 aliphatic rings. The summed E-state index contributed by atoms with van der Waals surface area (Å²) in [6.45, 7) is 1.11. The van der Waals surface area contributed by atoms with Crippen LogP contribution in [0.2, 0.25) is 0 Å². The van der Waals surface area contributed by atoms with Gasteiger partial charge in [0.1, 0.15) is 55.1 Å². The highest BCUT2D eigenvalue weighted by atomic mass is 16.8. The number of rotatable bonds is 18. The fourth-order valence-corrected chi connectivity index (χ4v) is 6.12. The van der Waals surface area contributed by atoms with Crippen LogP contribution in [0.3, 0.4) is 0 Å². The topological polar surface area (TPSA) is 287 Å². The molecule has 10 N–H and O–H groups in total. The molecule has 0 spiro atoms. The Hall–Kier alpha value is -3.18. The van der Waals surface area contributed by atoms with Crippen LogP contribution < -0.4 is 10.5 Å². The molecule has 0 aliphatic carbocycles. The van der Waals surface area contributed by atoms with E-state index in [1.54, 1.807) is 0 Å². The van der Waals surface area contributed by atoms with Crippen molar-refractivity contribution in [1.82, 2.24) is 5.32 Å². The van der Waals surface area contributed by atoms with E-state index in [2.05, 4.69) is 5.32 Å². The number of amides is 1. The van der Waals surface area contributed by atoms with Gasteiger partial charge in [0.05, 0.1) is 18.4 Å². The Kier molecular flexibility index (Phi) is 15.8. The number of hydrogen-bond donors (Lipinski definition) is 10. The highest BCUT2D eigenvalue weighted by Gasteiger charge is 2.50. The Balaban J connectivity index is 1.52. The largest absolute Gasteiger partial charge is 0.506 e. The Morgan fingerprint density at radius 3 is 2.31 bits per heavy atom. The maximum Gasteiger partial charge on any atom is 0.332 e. The van der Waals surface area contributed by atoms with Crippen LogP contribution in [-0.4, -0.2) is 151 Å². The second-order valence-electron chi connectivity index (χ2n) is 12.8. The SMILES string of the molecule is CCCCCCCC(OC1C(O)C(CO)OC(OC2CCOC(CNC(=O)c3ccc(N(O)O)cc3)C2OC2OC=C(O)C(O)C2O)C1O)C(=O)O. The summed E-state index contributed by atoms with van der Waals surface area (Å²) in [6, 6.07) is 5.25. The van der Waals surface area contributed by atoms with Crippen molar-refractivity contribution in [3.8, 4) is 0 Å². The molecule has 2 fully saturated rings. The second kappa shape index (κ2) is 19.8. The van der Waals surface area contributed by atoms with Crippen LogP contribution in [0.5, 0.6) is 0 Å². The molecular formula is C33H50N2O17. The van der Waals surface area contributed by atoms with E-state index in [0.29, 0.717) is 6.42 Å². The van der Waals surface area contributed by atoms with Gasteiger partial charge in [0.15, 0.2) is 18.2 Å². The highest BCUT2D eigenvalue weighted by molar-refractivity contribution is 5.94. The number of carbonyl (C=O) groups excluding carboxylic acids is 1. The van der Waals surface area contributed by atoms with E-state index in [1.165, 1.54) is 24.3 Å². The molecule has 3 aliphatic heterocycles. The van der Waals surface area contributed by atoms with Gasteiger partial charge in [-0.25, -0.2) is 4.79 Å². The molecule has 0 aromatic heterocycles. The molecule has 12 atom stereocenters. The van der Waals surface area contributed by atoms with E-state index in [1.807, 2.05) is 6.92 Å². The second-order valence-corrected chi connectivity index (χ2v) is 12.8. The van der Waals surface area contributed by atoms with Gasteiger partial charge in [-0.1, -0.05) is 39.0 Å². The summed E-state index contributed by atoms with van der Waals surface area (Å²) >= 11 is 0. The molecule has 0 radical (unpaired) electrons. The first-order valence-corrected chi connectivity index (χ1v) is 17.3. The Bertz CT molecular complexity index is 1300. The monoisotopic (exact) mass is 746 g/mol. The third-order valence-electron chi connectivity index (χ3n) is 9.11. The summed E-state index contributed by atoms with van der Waals surface area (Å²) in [5.74, 6) is -2.53. The minimum Gasteiger partial charge on any atom is -0.506 e.